The molecule has 4 heteroatoms. The molecule has 98 valence electrons. The van der Waals surface area contributed by atoms with Gasteiger partial charge in [-0.2, -0.15) is 5.10 Å². The highest BCUT2D eigenvalue weighted by molar-refractivity contribution is 4.93. The lowest BCUT2D eigenvalue weighted by Gasteiger charge is -2.27. The Morgan fingerprint density at radius 1 is 1.47 bits per heavy atom. The Kier molecular flexibility index (Phi) is 5.12. The van der Waals surface area contributed by atoms with Gasteiger partial charge in [0, 0.05) is 13.0 Å². The van der Waals surface area contributed by atoms with Gasteiger partial charge in [0.25, 0.3) is 0 Å². The molecular weight excluding hydrogens is 212 g/mol. The molecule has 0 radical (unpaired) electrons. The van der Waals surface area contributed by atoms with E-state index in [1.807, 2.05) is 4.68 Å². The summed E-state index contributed by atoms with van der Waals surface area (Å²) in [5, 5.41) is 4.30. The van der Waals surface area contributed by atoms with Crippen molar-refractivity contribution in [2.45, 2.75) is 53.5 Å². The van der Waals surface area contributed by atoms with Crippen LogP contribution in [0.3, 0.4) is 0 Å². The SMILES string of the molecule is CCCC(C)(CN)Cc1ncnn1CC(C)C. The third-order valence-corrected chi connectivity index (χ3v) is 3.17. The molecule has 0 bridgehead atoms. The maximum atomic E-state index is 5.90. The van der Waals surface area contributed by atoms with Crippen LogP contribution >= 0.6 is 0 Å². The van der Waals surface area contributed by atoms with Crippen LogP contribution in [0.5, 0.6) is 0 Å². The molecule has 1 atom stereocenters. The van der Waals surface area contributed by atoms with Crippen molar-refractivity contribution in [2.75, 3.05) is 6.54 Å². The molecule has 4 nitrogen and oxygen atoms in total. The Bertz CT molecular complexity index is 332. The molecule has 17 heavy (non-hydrogen) atoms. The number of nitrogens with zero attached hydrogens (tertiary/aromatic N) is 3. The molecule has 0 aliphatic carbocycles. The van der Waals surface area contributed by atoms with E-state index in [9.17, 15) is 0 Å². The third kappa shape index (κ3) is 4.11. The van der Waals surface area contributed by atoms with E-state index in [0.717, 1.165) is 31.6 Å². The number of hydrogen-bond acceptors (Lipinski definition) is 3. The van der Waals surface area contributed by atoms with Gasteiger partial charge in [0.2, 0.25) is 0 Å². The molecule has 1 unspecified atom stereocenters. The van der Waals surface area contributed by atoms with E-state index in [1.54, 1.807) is 6.33 Å². The fourth-order valence-electron chi connectivity index (χ4n) is 2.17. The third-order valence-electron chi connectivity index (χ3n) is 3.17. The summed E-state index contributed by atoms with van der Waals surface area (Å²) in [5.74, 6) is 1.66. The lowest BCUT2D eigenvalue weighted by atomic mass is 9.82. The average molecular weight is 238 g/mol. The van der Waals surface area contributed by atoms with Gasteiger partial charge in [0.1, 0.15) is 12.2 Å². The van der Waals surface area contributed by atoms with E-state index in [4.69, 9.17) is 5.73 Å². The maximum Gasteiger partial charge on any atom is 0.138 e. The summed E-state index contributed by atoms with van der Waals surface area (Å²) < 4.78 is 2.02. The molecule has 1 aromatic heterocycles. The van der Waals surface area contributed by atoms with Crippen molar-refractivity contribution in [3.8, 4) is 0 Å². The summed E-state index contributed by atoms with van der Waals surface area (Å²) in [5.41, 5.74) is 6.05. The first kappa shape index (κ1) is 14.2. The van der Waals surface area contributed by atoms with Crippen molar-refractivity contribution < 1.29 is 0 Å². The zero-order valence-corrected chi connectivity index (χ0v) is 11.6. The van der Waals surface area contributed by atoms with Gasteiger partial charge in [0.05, 0.1) is 0 Å². The van der Waals surface area contributed by atoms with E-state index < -0.39 is 0 Å². The fraction of sp³-hybridized carbons (Fsp3) is 0.846. The molecule has 1 aromatic rings. The number of rotatable bonds is 7. The van der Waals surface area contributed by atoms with Crippen LogP contribution < -0.4 is 5.73 Å². The quantitative estimate of drug-likeness (QED) is 0.792. The van der Waals surface area contributed by atoms with Crippen LogP contribution in [0.15, 0.2) is 6.33 Å². The normalized spacial score (nSPS) is 15.2. The predicted octanol–water partition coefficient (Wildman–Crippen LogP) is 2.24. The molecule has 0 saturated heterocycles. The van der Waals surface area contributed by atoms with Gasteiger partial charge >= 0.3 is 0 Å². The Morgan fingerprint density at radius 2 is 2.18 bits per heavy atom. The molecule has 1 rings (SSSR count). The Labute approximate surface area is 105 Å². The average Bonchev–Trinajstić information content (AvgIpc) is 2.65. The van der Waals surface area contributed by atoms with Crippen molar-refractivity contribution in [2.24, 2.45) is 17.1 Å². The van der Waals surface area contributed by atoms with Crippen LogP contribution in [0, 0.1) is 11.3 Å². The summed E-state index contributed by atoms with van der Waals surface area (Å²) in [6, 6.07) is 0. The van der Waals surface area contributed by atoms with Gasteiger partial charge in [-0.3, -0.25) is 0 Å². The van der Waals surface area contributed by atoms with E-state index >= 15 is 0 Å². The standard InChI is InChI=1S/C13H26N4/c1-5-6-13(4,9-14)7-12-15-10-16-17(12)8-11(2)3/h10-11H,5-9,14H2,1-4H3. The Balaban J connectivity index is 2.76. The van der Waals surface area contributed by atoms with Crippen LogP contribution in [-0.4, -0.2) is 21.3 Å². The Morgan fingerprint density at radius 3 is 2.71 bits per heavy atom. The molecule has 0 amide bonds. The lowest BCUT2D eigenvalue weighted by molar-refractivity contribution is 0.287. The molecule has 0 aromatic carbocycles. The summed E-state index contributed by atoms with van der Waals surface area (Å²) in [7, 11) is 0. The zero-order chi connectivity index (χ0) is 12.9. The minimum Gasteiger partial charge on any atom is -0.330 e. The summed E-state index contributed by atoms with van der Waals surface area (Å²) >= 11 is 0. The number of hydrogen-bond donors (Lipinski definition) is 1. The van der Waals surface area contributed by atoms with Crippen molar-refractivity contribution in [1.82, 2.24) is 14.8 Å². The molecule has 0 spiro atoms. The highest BCUT2D eigenvalue weighted by Gasteiger charge is 2.24. The minimum absolute atomic E-state index is 0.149. The van der Waals surface area contributed by atoms with Gasteiger partial charge in [-0.1, -0.05) is 34.1 Å². The largest absolute Gasteiger partial charge is 0.330 e. The zero-order valence-electron chi connectivity index (χ0n) is 11.6. The van der Waals surface area contributed by atoms with Crippen molar-refractivity contribution in [1.29, 1.82) is 0 Å². The van der Waals surface area contributed by atoms with Gasteiger partial charge in [-0.15, -0.1) is 0 Å². The smallest absolute Gasteiger partial charge is 0.138 e. The molecule has 0 fully saturated rings. The van der Waals surface area contributed by atoms with Crippen LogP contribution in [0.4, 0.5) is 0 Å². The van der Waals surface area contributed by atoms with Gasteiger partial charge in [-0.05, 0) is 24.3 Å². The molecule has 0 aliphatic heterocycles. The first-order valence-electron chi connectivity index (χ1n) is 6.57. The second kappa shape index (κ2) is 6.15. The minimum atomic E-state index is 0.149. The second-order valence-electron chi connectivity index (χ2n) is 5.69. The van der Waals surface area contributed by atoms with E-state index in [-0.39, 0.29) is 5.41 Å². The summed E-state index contributed by atoms with van der Waals surface area (Å²) in [4.78, 5) is 4.38. The number of nitrogens with two attached hydrogens (primary N) is 1. The van der Waals surface area contributed by atoms with E-state index in [1.165, 1.54) is 0 Å². The monoisotopic (exact) mass is 238 g/mol. The first-order valence-corrected chi connectivity index (χ1v) is 6.57. The molecule has 2 N–H and O–H groups in total. The van der Waals surface area contributed by atoms with Gasteiger partial charge in [-0.25, -0.2) is 9.67 Å². The van der Waals surface area contributed by atoms with Gasteiger partial charge in [0.15, 0.2) is 0 Å². The lowest BCUT2D eigenvalue weighted by Crippen LogP contribution is -2.31. The second-order valence-corrected chi connectivity index (χ2v) is 5.69. The van der Waals surface area contributed by atoms with Crippen molar-refractivity contribution in [3.05, 3.63) is 12.2 Å². The highest BCUT2D eigenvalue weighted by atomic mass is 15.3. The maximum absolute atomic E-state index is 5.90. The van der Waals surface area contributed by atoms with E-state index in [2.05, 4.69) is 37.8 Å². The summed E-state index contributed by atoms with van der Waals surface area (Å²) in [6.45, 7) is 10.5. The van der Waals surface area contributed by atoms with Crippen LogP contribution in [0.1, 0.15) is 46.4 Å². The molecular formula is C13H26N4. The summed E-state index contributed by atoms with van der Waals surface area (Å²) in [6.07, 6.45) is 4.87. The van der Waals surface area contributed by atoms with Crippen LogP contribution in [0.25, 0.3) is 0 Å². The fourth-order valence-corrected chi connectivity index (χ4v) is 2.17. The first-order chi connectivity index (χ1) is 8.00. The van der Waals surface area contributed by atoms with Crippen molar-refractivity contribution in [3.63, 3.8) is 0 Å². The Hall–Kier alpha value is -0.900. The molecule has 1 heterocycles. The predicted molar refractivity (Wildman–Crippen MR) is 70.6 cm³/mol. The van der Waals surface area contributed by atoms with Crippen LogP contribution in [-0.2, 0) is 13.0 Å². The van der Waals surface area contributed by atoms with E-state index in [0.29, 0.717) is 12.5 Å². The highest BCUT2D eigenvalue weighted by Crippen LogP contribution is 2.26. The molecule has 0 aliphatic rings. The van der Waals surface area contributed by atoms with Crippen LogP contribution in [0.2, 0.25) is 0 Å². The van der Waals surface area contributed by atoms with Crippen molar-refractivity contribution >= 4 is 0 Å². The number of aromatic nitrogens is 3. The topological polar surface area (TPSA) is 56.7 Å². The van der Waals surface area contributed by atoms with Gasteiger partial charge < -0.3 is 5.73 Å². The molecule has 0 saturated carbocycles.